The van der Waals surface area contributed by atoms with Gasteiger partial charge < -0.3 is 19.0 Å². The number of benzene rings is 1. The van der Waals surface area contributed by atoms with E-state index in [1.165, 1.54) is 12.3 Å². The normalized spacial score (nSPS) is 13.0. The molecule has 3 heterocycles. The van der Waals surface area contributed by atoms with E-state index in [4.69, 9.17) is 13.7 Å². The third kappa shape index (κ3) is 3.73. The van der Waals surface area contributed by atoms with Gasteiger partial charge in [-0.05, 0) is 36.4 Å². The Morgan fingerprint density at radius 1 is 1.21 bits per heavy atom. The van der Waals surface area contributed by atoms with Gasteiger partial charge in [0.05, 0.1) is 19.4 Å². The van der Waals surface area contributed by atoms with Crippen molar-refractivity contribution in [2.24, 2.45) is 0 Å². The van der Waals surface area contributed by atoms with Gasteiger partial charge in [-0.15, -0.1) is 0 Å². The molecule has 1 aliphatic heterocycles. The molecular weight excluding hydrogens is 362 g/mol. The molecule has 0 radical (unpaired) electrons. The maximum absolute atomic E-state index is 12.1. The van der Waals surface area contributed by atoms with Gasteiger partial charge in [-0.2, -0.15) is 0 Å². The summed E-state index contributed by atoms with van der Waals surface area (Å²) in [7, 11) is 0. The van der Waals surface area contributed by atoms with Gasteiger partial charge in [0, 0.05) is 17.3 Å². The lowest BCUT2D eigenvalue weighted by Gasteiger charge is -2.11. The Balaban J connectivity index is 1.31. The summed E-state index contributed by atoms with van der Waals surface area (Å²) in [5.74, 6) is 6.31. The molecule has 140 valence electrons. The fourth-order valence-corrected chi connectivity index (χ4v) is 2.63. The molecule has 1 aliphatic rings. The molecule has 2 amide bonds. The summed E-state index contributed by atoms with van der Waals surface area (Å²) in [5, 5.41) is 6.38. The third-order valence-electron chi connectivity index (χ3n) is 4.02. The maximum atomic E-state index is 12.1. The largest absolute Gasteiger partial charge is 0.461 e. The van der Waals surface area contributed by atoms with Gasteiger partial charge in [-0.1, -0.05) is 17.0 Å². The molecule has 0 bridgehead atoms. The van der Waals surface area contributed by atoms with Crippen LogP contribution in [-0.4, -0.2) is 36.9 Å². The van der Waals surface area contributed by atoms with Gasteiger partial charge in [0.15, 0.2) is 11.5 Å². The van der Waals surface area contributed by atoms with Crippen molar-refractivity contribution in [2.45, 2.75) is 0 Å². The first-order valence-corrected chi connectivity index (χ1v) is 8.53. The lowest BCUT2D eigenvalue weighted by molar-refractivity contribution is 0.0949. The number of ether oxygens (including phenoxy) is 1. The van der Waals surface area contributed by atoms with Crippen LogP contribution >= 0.6 is 0 Å². The van der Waals surface area contributed by atoms with Crippen LogP contribution in [-0.2, 0) is 4.74 Å². The molecule has 2 aromatic heterocycles. The number of nitrogens with one attached hydrogen (secondary N) is 1. The van der Waals surface area contributed by atoms with Crippen LogP contribution in [0.15, 0.2) is 57.7 Å². The Labute approximate surface area is 160 Å². The number of nitrogens with zero attached hydrogens (tertiary/aromatic N) is 2. The Morgan fingerprint density at radius 2 is 2.07 bits per heavy atom. The molecule has 1 fully saturated rings. The Bertz CT molecular complexity index is 1040. The van der Waals surface area contributed by atoms with Crippen molar-refractivity contribution in [3.05, 3.63) is 60.0 Å². The van der Waals surface area contributed by atoms with E-state index < -0.39 is 5.91 Å². The number of cyclic esters (lactones) is 1. The van der Waals surface area contributed by atoms with Gasteiger partial charge >= 0.3 is 6.09 Å². The summed E-state index contributed by atoms with van der Waals surface area (Å²) >= 11 is 0. The highest BCUT2D eigenvalue weighted by Gasteiger charge is 2.23. The Morgan fingerprint density at radius 3 is 2.79 bits per heavy atom. The highest BCUT2D eigenvalue weighted by atomic mass is 16.6. The van der Waals surface area contributed by atoms with Gasteiger partial charge in [0.25, 0.3) is 5.91 Å². The molecule has 0 spiro atoms. The summed E-state index contributed by atoms with van der Waals surface area (Å²) in [5.41, 5.74) is 1.68. The fourth-order valence-electron chi connectivity index (χ4n) is 2.63. The summed E-state index contributed by atoms with van der Waals surface area (Å²) in [6.45, 7) is 1.09. The second-order valence-electron chi connectivity index (χ2n) is 5.85. The van der Waals surface area contributed by atoms with Crippen LogP contribution in [0.4, 0.5) is 10.5 Å². The number of carbonyl (C=O) groups excluding carboxylic acids is 2. The highest BCUT2D eigenvalue weighted by molar-refractivity contribution is 5.93. The summed E-state index contributed by atoms with van der Waals surface area (Å²) in [6.07, 6.45) is 1.17. The molecule has 0 aliphatic carbocycles. The van der Waals surface area contributed by atoms with Crippen molar-refractivity contribution in [3.63, 3.8) is 0 Å². The monoisotopic (exact) mass is 377 g/mol. The Kier molecular flexibility index (Phi) is 4.80. The summed E-state index contributed by atoms with van der Waals surface area (Å²) < 4.78 is 15.2. The lowest BCUT2D eigenvalue weighted by atomic mass is 10.2. The molecule has 8 nitrogen and oxygen atoms in total. The van der Waals surface area contributed by atoms with Gasteiger partial charge in [-0.25, -0.2) is 4.79 Å². The maximum Gasteiger partial charge on any atom is 0.414 e. The minimum atomic E-state index is -0.390. The predicted molar refractivity (Wildman–Crippen MR) is 98.6 cm³/mol. The molecule has 28 heavy (non-hydrogen) atoms. The van der Waals surface area contributed by atoms with Crippen molar-refractivity contribution in [3.8, 4) is 23.4 Å². The van der Waals surface area contributed by atoms with Gasteiger partial charge in [-0.3, -0.25) is 9.69 Å². The average molecular weight is 377 g/mol. The van der Waals surface area contributed by atoms with E-state index in [1.54, 1.807) is 29.2 Å². The number of hydrogen-bond donors (Lipinski definition) is 1. The fraction of sp³-hybridized carbons (Fsp3) is 0.150. The van der Waals surface area contributed by atoms with Crippen LogP contribution in [0.25, 0.3) is 11.5 Å². The molecule has 1 N–H and O–H groups in total. The predicted octanol–water partition coefficient (Wildman–Crippen LogP) is 2.67. The van der Waals surface area contributed by atoms with Crippen molar-refractivity contribution in [1.82, 2.24) is 10.5 Å². The van der Waals surface area contributed by atoms with E-state index in [-0.39, 0.29) is 18.3 Å². The van der Waals surface area contributed by atoms with Crippen LogP contribution in [0.3, 0.4) is 0 Å². The zero-order valence-corrected chi connectivity index (χ0v) is 14.7. The topological polar surface area (TPSA) is 97.8 Å². The standard InChI is InChI=1S/C20H15N3O5/c24-19(16-13-18(28-22-16)17-4-2-11-26-17)21-9-1-3-14-5-7-15(8-6-14)23-10-12-27-20(23)25/h2,4-8,11,13H,9-10,12H2,(H,21,24). The van der Waals surface area contributed by atoms with Crippen LogP contribution in [0.2, 0.25) is 0 Å². The average Bonchev–Trinajstić information content (AvgIpc) is 3.46. The molecule has 1 saturated heterocycles. The zero-order chi connectivity index (χ0) is 19.3. The number of amides is 2. The number of anilines is 1. The van der Waals surface area contributed by atoms with E-state index in [1.807, 2.05) is 12.1 Å². The van der Waals surface area contributed by atoms with Crippen LogP contribution in [0.1, 0.15) is 16.1 Å². The Hall–Kier alpha value is -3.99. The molecule has 0 unspecified atom stereocenters. The number of hydrogen-bond acceptors (Lipinski definition) is 6. The SMILES string of the molecule is O=C(NCC#Cc1ccc(N2CCOC2=O)cc1)c1cc(-c2ccco2)on1. The van der Waals surface area contributed by atoms with Crippen LogP contribution < -0.4 is 10.2 Å². The van der Waals surface area contributed by atoms with E-state index in [0.717, 1.165) is 11.3 Å². The molecule has 3 aromatic rings. The number of carbonyl (C=O) groups is 2. The van der Waals surface area contributed by atoms with Crippen LogP contribution in [0.5, 0.6) is 0 Å². The number of furan rings is 1. The van der Waals surface area contributed by atoms with E-state index in [2.05, 4.69) is 22.3 Å². The molecular formula is C20H15N3O5. The van der Waals surface area contributed by atoms with Crippen molar-refractivity contribution in [2.75, 3.05) is 24.6 Å². The highest BCUT2D eigenvalue weighted by Crippen LogP contribution is 2.20. The van der Waals surface area contributed by atoms with Gasteiger partial charge in [0.2, 0.25) is 5.76 Å². The second kappa shape index (κ2) is 7.72. The molecule has 0 saturated carbocycles. The van der Waals surface area contributed by atoms with Crippen molar-refractivity contribution in [1.29, 1.82) is 0 Å². The molecule has 8 heteroatoms. The van der Waals surface area contributed by atoms with Crippen molar-refractivity contribution < 1.29 is 23.3 Å². The second-order valence-corrected chi connectivity index (χ2v) is 5.85. The lowest BCUT2D eigenvalue weighted by Crippen LogP contribution is -2.23. The molecule has 1 aromatic carbocycles. The van der Waals surface area contributed by atoms with E-state index >= 15 is 0 Å². The summed E-state index contributed by atoms with van der Waals surface area (Å²) in [4.78, 5) is 25.2. The first-order valence-electron chi connectivity index (χ1n) is 8.53. The smallest absolute Gasteiger partial charge is 0.414 e. The summed E-state index contributed by atoms with van der Waals surface area (Å²) in [6, 6.07) is 12.2. The van der Waals surface area contributed by atoms with E-state index in [0.29, 0.717) is 24.7 Å². The van der Waals surface area contributed by atoms with Crippen molar-refractivity contribution >= 4 is 17.7 Å². The minimum absolute atomic E-state index is 0.148. The molecule has 0 atom stereocenters. The number of rotatable bonds is 4. The van der Waals surface area contributed by atoms with Gasteiger partial charge in [0.1, 0.15) is 6.61 Å². The minimum Gasteiger partial charge on any atom is -0.461 e. The molecule has 4 rings (SSSR count). The quantitative estimate of drug-likeness (QED) is 0.702. The zero-order valence-electron chi connectivity index (χ0n) is 14.7. The number of aromatic nitrogens is 1. The first kappa shape index (κ1) is 17.4. The first-order chi connectivity index (χ1) is 13.7. The third-order valence-corrected chi connectivity index (χ3v) is 4.02. The van der Waals surface area contributed by atoms with E-state index in [9.17, 15) is 9.59 Å². The van der Waals surface area contributed by atoms with Crippen LogP contribution in [0, 0.1) is 11.8 Å².